The van der Waals surface area contributed by atoms with Gasteiger partial charge >= 0.3 is 0 Å². The van der Waals surface area contributed by atoms with Gasteiger partial charge in [0.25, 0.3) is 0 Å². The molecule has 2 aromatic rings. The van der Waals surface area contributed by atoms with Crippen molar-refractivity contribution in [3.8, 4) is 0 Å². The smallest absolute Gasteiger partial charge is 0.0657 e. The van der Waals surface area contributed by atoms with E-state index in [0.29, 0.717) is 0 Å². The summed E-state index contributed by atoms with van der Waals surface area (Å²) < 4.78 is 0. The van der Waals surface area contributed by atoms with Gasteiger partial charge in [0.2, 0.25) is 0 Å². The van der Waals surface area contributed by atoms with Gasteiger partial charge in [0.05, 0.1) is 6.04 Å². The van der Waals surface area contributed by atoms with Crippen LogP contribution in [-0.4, -0.2) is 5.75 Å². The van der Waals surface area contributed by atoms with Crippen LogP contribution in [0.5, 0.6) is 0 Å². The predicted octanol–water partition coefficient (Wildman–Crippen LogP) is 4.26. The van der Waals surface area contributed by atoms with Crippen LogP contribution in [0.4, 0.5) is 0 Å². The molecule has 0 saturated carbocycles. The van der Waals surface area contributed by atoms with E-state index in [2.05, 4.69) is 26.0 Å². The predicted molar refractivity (Wildman–Crippen MR) is 84.0 cm³/mol. The first-order valence-electron chi connectivity index (χ1n) is 6.17. The summed E-state index contributed by atoms with van der Waals surface area (Å²) in [6.45, 7) is 4.33. The molecule has 0 saturated heterocycles. The van der Waals surface area contributed by atoms with E-state index >= 15 is 0 Å². The lowest BCUT2D eigenvalue weighted by Crippen LogP contribution is -2.10. The van der Waals surface area contributed by atoms with Crippen LogP contribution < -0.4 is 5.73 Å². The molecule has 3 heterocycles. The van der Waals surface area contributed by atoms with Gasteiger partial charge in [-0.25, -0.2) is 0 Å². The van der Waals surface area contributed by atoms with Crippen LogP contribution in [0.2, 0.25) is 0 Å². The van der Waals surface area contributed by atoms with E-state index in [9.17, 15) is 0 Å². The summed E-state index contributed by atoms with van der Waals surface area (Å²) in [7, 11) is 0. The maximum Gasteiger partial charge on any atom is 0.0657 e. The molecule has 18 heavy (non-hydrogen) atoms. The lowest BCUT2D eigenvalue weighted by Gasteiger charge is -2.08. The standard InChI is InChI=1S/C14H17NS3/c1-8-5-11(9(2)17-8)14(15)13-6-10-7-16-4-3-12(10)18-13/h5-6,14H,3-4,7,15H2,1-2H3. The van der Waals surface area contributed by atoms with Gasteiger partial charge in [-0.3, -0.25) is 0 Å². The van der Waals surface area contributed by atoms with Gasteiger partial charge in [-0.05, 0) is 49.3 Å². The fourth-order valence-corrected chi connectivity index (χ4v) is 5.81. The van der Waals surface area contributed by atoms with Gasteiger partial charge in [-0.15, -0.1) is 22.7 Å². The third kappa shape index (κ3) is 2.27. The molecule has 2 N–H and O–H groups in total. The van der Waals surface area contributed by atoms with Gasteiger partial charge in [-0.1, -0.05) is 0 Å². The van der Waals surface area contributed by atoms with Crippen LogP contribution >= 0.6 is 34.4 Å². The van der Waals surface area contributed by atoms with E-state index in [1.54, 1.807) is 4.88 Å². The molecule has 0 bridgehead atoms. The van der Waals surface area contributed by atoms with Crippen molar-refractivity contribution in [2.45, 2.75) is 32.1 Å². The van der Waals surface area contributed by atoms with Gasteiger partial charge in [0.1, 0.15) is 0 Å². The Kier molecular flexibility index (Phi) is 3.54. The van der Waals surface area contributed by atoms with E-state index in [-0.39, 0.29) is 6.04 Å². The summed E-state index contributed by atoms with van der Waals surface area (Å²) >= 11 is 5.80. The molecular weight excluding hydrogens is 278 g/mol. The molecule has 1 atom stereocenters. The van der Waals surface area contributed by atoms with E-state index in [1.165, 1.54) is 43.7 Å². The molecule has 0 radical (unpaired) electrons. The largest absolute Gasteiger partial charge is 0.320 e. The van der Waals surface area contributed by atoms with Crippen molar-refractivity contribution in [2.24, 2.45) is 5.73 Å². The van der Waals surface area contributed by atoms with Crippen molar-refractivity contribution in [3.05, 3.63) is 42.8 Å². The molecule has 0 amide bonds. The Balaban J connectivity index is 1.94. The highest BCUT2D eigenvalue weighted by Gasteiger charge is 2.20. The van der Waals surface area contributed by atoms with Crippen LogP contribution in [0.3, 0.4) is 0 Å². The lowest BCUT2D eigenvalue weighted by molar-refractivity contribution is 0.889. The minimum atomic E-state index is 0.0653. The maximum absolute atomic E-state index is 6.45. The molecule has 4 heteroatoms. The summed E-state index contributed by atoms with van der Waals surface area (Å²) in [4.78, 5) is 5.61. The fourth-order valence-electron chi connectivity index (χ4n) is 2.44. The highest BCUT2D eigenvalue weighted by atomic mass is 32.2. The van der Waals surface area contributed by atoms with Gasteiger partial charge in [-0.2, -0.15) is 11.8 Å². The fraction of sp³-hybridized carbons (Fsp3) is 0.429. The van der Waals surface area contributed by atoms with Crippen molar-refractivity contribution in [2.75, 3.05) is 5.75 Å². The third-order valence-corrected chi connectivity index (χ3v) is 6.68. The topological polar surface area (TPSA) is 26.0 Å². The molecule has 1 aliphatic heterocycles. The zero-order valence-corrected chi connectivity index (χ0v) is 13.1. The Morgan fingerprint density at radius 2 is 2.06 bits per heavy atom. The highest BCUT2D eigenvalue weighted by Crippen LogP contribution is 2.37. The summed E-state index contributed by atoms with van der Waals surface area (Å²) in [5, 5.41) is 0. The molecule has 1 aliphatic rings. The number of thiophene rings is 2. The SMILES string of the molecule is Cc1cc(C(N)c2cc3c(s2)CCSC3)c(C)s1. The average molecular weight is 295 g/mol. The van der Waals surface area contributed by atoms with E-state index in [4.69, 9.17) is 5.73 Å². The normalized spacial score (nSPS) is 16.6. The average Bonchev–Trinajstić information content (AvgIpc) is 2.91. The quantitative estimate of drug-likeness (QED) is 0.895. The number of hydrogen-bond acceptors (Lipinski definition) is 4. The van der Waals surface area contributed by atoms with Crippen LogP contribution in [0.1, 0.15) is 36.7 Å². The van der Waals surface area contributed by atoms with Crippen LogP contribution in [0.25, 0.3) is 0 Å². The molecule has 0 fully saturated rings. The second-order valence-electron chi connectivity index (χ2n) is 4.75. The van der Waals surface area contributed by atoms with Crippen molar-refractivity contribution in [1.29, 1.82) is 0 Å². The Morgan fingerprint density at radius 3 is 2.72 bits per heavy atom. The molecule has 0 aromatic carbocycles. The zero-order chi connectivity index (χ0) is 12.7. The number of thioether (sulfide) groups is 1. The number of nitrogens with two attached hydrogens (primary N) is 1. The molecule has 3 rings (SSSR count). The number of hydrogen-bond donors (Lipinski definition) is 1. The summed E-state index contributed by atoms with van der Waals surface area (Å²) in [6, 6.07) is 4.65. The zero-order valence-electron chi connectivity index (χ0n) is 10.7. The van der Waals surface area contributed by atoms with Gasteiger partial charge in [0, 0.05) is 25.3 Å². The first-order valence-corrected chi connectivity index (χ1v) is 8.95. The minimum Gasteiger partial charge on any atom is -0.320 e. The Hall–Kier alpha value is -0.290. The van der Waals surface area contributed by atoms with Gasteiger partial charge in [0.15, 0.2) is 0 Å². The number of fused-ring (bicyclic) bond motifs is 1. The monoisotopic (exact) mass is 295 g/mol. The van der Waals surface area contributed by atoms with Crippen molar-refractivity contribution in [1.82, 2.24) is 0 Å². The van der Waals surface area contributed by atoms with E-state index in [1.807, 2.05) is 34.4 Å². The van der Waals surface area contributed by atoms with Gasteiger partial charge < -0.3 is 5.73 Å². The molecule has 1 nitrogen and oxygen atoms in total. The molecular formula is C14H17NS3. The minimum absolute atomic E-state index is 0.0653. The second kappa shape index (κ2) is 5.00. The van der Waals surface area contributed by atoms with E-state index < -0.39 is 0 Å². The third-order valence-electron chi connectivity index (χ3n) is 3.37. The Morgan fingerprint density at radius 1 is 1.22 bits per heavy atom. The first kappa shape index (κ1) is 12.7. The number of aryl methyl sites for hydroxylation is 3. The van der Waals surface area contributed by atoms with Crippen LogP contribution in [0.15, 0.2) is 12.1 Å². The first-order chi connectivity index (χ1) is 8.65. The van der Waals surface area contributed by atoms with Crippen LogP contribution in [-0.2, 0) is 12.2 Å². The highest BCUT2D eigenvalue weighted by molar-refractivity contribution is 7.98. The molecule has 96 valence electrons. The van der Waals surface area contributed by atoms with Crippen LogP contribution in [0, 0.1) is 13.8 Å². The Labute approximate surface area is 120 Å². The van der Waals surface area contributed by atoms with Crippen molar-refractivity contribution in [3.63, 3.8) is 0 Å². The summed E-state index contributed by atoms with van der Waals surface area (Å²) in [6.07, 6.45) is 1.22. The van der Waals surface area contributed by atoms with Crippen molar-refractivity contribution < 1.29 is 0 Å². The maximum atomic E-state index is 6.45. The number of rotatable bonds is 2. The Bertz CT molecular complexity index is 544. The summed E-state index contributed by atoms with van der Waals surface area (Å²) in [5.41, 5.74) is 9.28. The van der Waals surface area contributed by atoms with E-state index in [0.717, 1.165) is 0 Å². The molecule has 0 aliphatic carbocycles. The second-order valence-corrected chi connectivity index (χ2v) is 8.48. The molecule has 0 spiro atoms. The van der Waals surface area contributed by atoms with Crippen molar-refractivity contribution >= 4 is 34.4 Å². The molecule has 1 unspecified atom stereocenters. The summed E-state index contributed by atoms with van der Waals surface area (Å²) in [5.74, 6) is 2.43. The lowest BCUT2D eigenvalue weighted by atomic mass is 10.1. The molecule has 2 aromatic heterocycles.